The van der Waals surface area contributed by atoms with Crippen LogP contribution in [-0.4, -0.2) is 15.5 Å². The van der Waals surface area contributed by atoms with E-state index in [2.05, 4.69) is 10.3 Å². The zero-order valence-corrected chi connectivity index (χ0v) is 15.2. The molecule has 3 rings (SSSR count). The van der Waals surface area contributed by atoms with Crippen LogP contribution in [0.1, 0.15) is 5.56 Å². The Morgan fingerprint density at radius 2 is 1.92 bits per heavy atom. The first kappa shape index (κ1) is 18.4. The summed E-state index contributed by atoms with van der Waals surface area (Å²) in [7, 11) is 0. The summed E-state index contributed by atoms with van der Waals surface area (Å²) in [5, 5.41) is 2.44. The van der Waals surface area contributed by atoms with Crippen molar-refractivity contribution in [3.63, 3.8) is 0 Å². The summed E-state index contributed by atoms with van der Waals surface area (Å²) in [6, 6.07) is 9.87. The van der Waals surface area contributed by atoms with Crippen molar-refractivity contribution < 1.29 is 18.0 Å². The van der Waals surface area contributed by atoms with Crippen LogP contribution in [0, 0.1) is 3.57 Å². The largest absolute Gasteiger partial charge is 0.416 e. The van der Waals surface area contributed by atoms with Crippen LogP contribution in [0.4, 0.5) is 18.9 Å². The number of fused-ring (bicyclic) bond motifs is 1. The molecule has 1 N–H and O–H groups in total. The van der Waals surface area contributed by atoms with E-state index in [1.165, 1.54) is 10.6 Å². The summed E-state index contributed by atoms with van der Waals surface area (Å²) >= 11 is 1.83. The molecule has 0 unspecified atom stereocenters. The minimum Gasteiger partial charge on any atom is -0.324 e. The van der Waals surface area contributed by atoms with Crippen LogP contribution >= 0.6 is 22.6 Å². The molecule has 0 bridgehead atoms. The molecular weight excluding hydrogens is 462 g/mol. The van der Waals surface area contributed by atoms with Crippen molar-refractivity contribution in [2.24, 2.45) is 0 Å². The van der Waals surface area contributed by atoms with Gasteiger partial charge in [-0.1, -0.05) is 12.1 Å². The fourth-order valence-electron chi connectivity index (χ4n) is 2.41. The first-order valence-electron chi connectivity index (χ1n) is 7.37. The predicted molar refractivity (Wildman–Crippen MR) is 98.8 cm³/mol. The molecule has 0 atom stereocenters. The topological polar surface area (TPSA) is 64.0 Å². The number of rotatable bonds is 3. The molecule has 0 fully saturated rings. The number of halogens is 4. The number of amides is 1. The Morgan fingerprint density at radius 3 is 2.65 bits per heavy atom. The van der Waals surface area contributed by atoms with E-state index in [0.29, 0.717) is 14.6 Å². The Labute approximate surface area is 159 Å². The number of anilines is 1. The van der Waals surface area contributed by atoms with Crippen LogP contribution in [0.3, 0.4) is 0 Å². The molecule has 2 aromatic carbocycles. The first-order valence-corrected chi connectivity index (χ1v) is 8.45. The van der Waals surface area contributed by atoms with E-state index in [1.54, 1.807) is 24.3 Å². The van der Waals surface area contributed by atoms with Gasteiger partial charge in [0.1, 0.15) is 6.54 Å². The number of hydrogen-bond acceptors (Lipinski definition) is 3. The highest BCUT2D eigenvalue weighted by Gasteiger charge is 2.31. The van der Waals surface area contributed by atoms with Gasteiger partial charge < -0.3 is 5.32 Å². The zero-order valence-electron chi connectivity index (χ0n) is 13.0. The number of benzene rings is 2. The van der Waals surface area contributed by atoms with Crippen LogP contribution in [0.2, 0.25) is 0 Å². The van der Waals surface area contributed by atoms with Gasteiger partial charge in [-0.2, -0.15) is 13.2 Å². The van der Waals surface area contributed by atoms with E-state index in [9.17, 15) is 22.8 Å². The highest BCUT2D eigenvalue weighted by Crippen LogP contribution is 2.32. The van der Waals surface area contributed by atoms with Gasteiger partial charge in [-0.15, -0.1) is 0 Å². The molecule has 0 aliphatic rings. The van der Waals surface area contributed by atoms with Crippen molar-refractivity contribution >= 4 is 45.2 Å². The van der Waals surface area contributed by atoms with Gasteiger partial charge in [-0.25, -0.2) is 4.98 Å². The molecule has 1 amide bonds. The van der Waals surface area contributed by atoms with Gasteiger partial charge in [-0.05, 0) is 52.9 Å². The lowest BCUT2D eigenvalue weighted by atomic mass is 10.2. The summed E-state index contributed by atoms with van der Waals surface area (Å²) in [4.78, 5) is 28.4. The van der Waals surface area contributed by atoms with E-state index in [-0.39, 0.29) is 12.2 Å². The third-order valence-electron chi connectivity index (χ3n) is 3.62. The summed E-state index contributed by atoms with van der Waals surface area (Å²) in [5.74, 6) is -0.610. The number of para-hydroxylation sites is 2. The number of aromatic nitrogens is 2. The molecule has 0 saturated heterocycles. The lowest BCUT2D eigenvalue weighted by Gasteiger charge is -2.13. The summed E-state index contributed by atoms with van der Waals surface area (Å²) in [5.41, 5.74) is -0.295. The SMILES string of the molecule is O=C(Cn1c(=O)cnc2ccccc21)Nc1cc(C(F)(F)F)ccc1I. The Morgan fingerprint density at radius 1 is 1.19 bits per heavy atom. The molecule has 5 nitrogen and oxygen atoms in total. The molecule has 1 aromatic heterocycles. The predicted octanol–water partition coefficient (Wildman–Crippen LogP) is 3.66. The second-order valence-electron chi connectivity index (χ2n) is 5.41. The molecule has 1 heterocycles. The Balaban J connectivity index is 1.89. The third kappa shape index (κ3) is 3.87. The van der Waals surface area contributed by atoms with Crippen LogP contribution < -0.4 is 10.9 Å². The molecular formula is C17H11F3IN3O2. The van der Waals surface area contributed by atoms with Gasteiger partial charge in [0.25, 0.3) is 5.56 Å². The van der Waals surface area contributed by atoms with Crippen molar-refractivity contribution in [3.05, 3.63) is 68.1 Å². The standard InChI is InChI=1S/C17H11F3IN3O2/c18-17(19,20)10-5-6-11(21)13(7-10)23-15(25)9-24-14-4-2-1-3-12(14)22-8-16(24)26/h1-8H,9H2,(H,23,25). The molecule has 0 aliphatic carbocycles. The summed E-state index contributed by atoms with van der Waals surface area (Å²) in [6.07, 6.45) is -3.41. The first-order chi connectivity index (χ1) is 12.3. The maximum absolute atomic E-state index is 12.8. The van der Waals surface area contributed by atoms with Gasteiger partial charge >= 0.3 is 6.18 Å². The van der Waals surface area contributed by atoms with Gasteiger partial charge in [0, 0.05) is 3.57 Å². The molecule has 9 heteroatoms. The monoisotopic (exact) mass is 473 g/mol. The van der Waals surface area contributed by atoms with Crippen LogP contribution in [0.5, 0.6) is 0 Å². The van der Waals surface area contributed by atoms with Crippen molar-refractivity contribution in [2.75, 3.05) is 5.32 Å². The van der Waals surface area contributed by atoms with Crippen molar-refractivity contribution in [1.82, 2.24) is 9.55 Å². The smallest absolute Gasteiger partial charge is 0.324 e. The average Bonchev–Trinajstić information content (AvgIpc) is 2.58. The number of nitrogens with zero attached hydrogens (tertiary/aromatic N) is 2. The highest BCUT2D eigenvalue weighted by atomic mass is 127. The van der Waals surface area contributed by atoms with E-state index >= 15 is 0 Å². The van der Waals surface area contributed by atoms with Crippen LogP contribution in [-0.2, 0) is 17.5 Å². The number of hydrogen-bond donors (Lipinski definition) is 1. The Kier molecular flexibility index (Phi) is 4.99. The van der Waals surface area contributed by atoms with Crippen molar-refractivity contribution in [1.29, 1.82) is 0 Å². The highest BCUT2D eigenvalue weighted by molar-refractivity contribution is 14.1. The van der Waals surface area contributed by atoms with E-state index < -0.39 is 23.2 Å². The van der Waals surface area contributed by atoms with Gasteiger partial charge in [0.15, 0.2) is 0 Å². The van der Waals surface area contributed by atoms with Gasteiger partial charge in [0.05, 0.1) is 28.5 Å². The minimum absolute atomic E-state index is 0.0387. The fourth-order valence-corrected chi connectivity index (χ4v) is 2.88. The molecule has 134 valence electrons. The molecule has 0 spiro atoms. The molecule has 0 radical (unpaired) electrons. The van der Waals surface area contributed by atoms with Crippen molar-refractivity contribution in [2.45, 2.75) is 12.7 Å². The summed E-state index contributed by atoms with van der Waals surface area (Å²) < 4.78 is 40.2. The zero-order chi connectivity index (χ0) is 18.9. The maximum Gasteiger partial charge on any atom is 0.416 e. The third-order valence-corrected chi connectivity index (χ3v) is 4.56. The van der Waals surface area contributed by atoms with Gasteiger partial charge in [0.2, 0.25) is 5.91 Å². The van der Waals surface area contributed by atoms with Crippen molar-refractivity contribution in [3.8, 4) is 0 Å². The number of alkyl halides is 3. The lowest BCUT2D eigenvalue weighted by Crippen LogP contribution is -2.28. The van der Waals surface area contributed by atoms with Crippen LogP contribution in [0.15, 0.2) is 53.5 Å². The second-order valence-corrected chi connectivity index (χ2v) is 6.57. The molecule has 3 aromatic rings. The Bertz CT molecular complexity index is 1050. The molecule has 0 saturated carbocycles. The quantitative estimate of drug-likeness (QED) is 0.591. The van der Waals surface area contributed by atoms with E-state index in [0.717, 1.165) is 18.3 Å². The second kappa shape index (κ2) is 7.06. The number of carbonyl (C=O) groups is 1. The fraction of sp³-hybridized carbons (Fsp3) is 0.118. The minimum atomic E-state index is -4.51. The van der Waals surface area contributed by atoms with E-state index in [1.807, 2.05) is 22.6 Å². The average molecular weight is 473 g/mol. The van der Waals surface area contributed by atoms with Gasteiger partial charge in [-0.3, -0.25) is 14.2 Å². The number of carbonyl (C=O) groups excluding carboxylic acids is 1. The normalized spacial score (nSPS) is 11.5. The molecule has 26 heavy (non-hydrogen) atoms. The Hall–Kier alpha value is -2.43. The maximum atomic E-state index is 12.8. The summed E-state index contributed by atoms with van der Waals surface area (Å²) in [6.45, 7) is -0.339. The number of nitrogens with one attached hydrogen (secondary N) is 1. The van der Waals surface area contributed by atoms with E-state index in [4.69, 9.17) is 0 Å². The lowest BCUT2D eigenvalue weighted by molar-refractivity contribution is -0.137. The molecule has 0 aliphatic heterocycles. The van der Waals surface area contributed by atoms with Crippen LogP contribution in [0.25, 0.3) is 11.0 Å².